The molecule has 7 nitrogen and oxygen atoms in total. The Bertz CT molecular complexity index is 3800. The zero-order valence-electron chi connectivity index (χ0n) is 38.6. The van der Waals surface area contributed by atoms with Crippen LogP contribution in [-0.2, 0) is 0 Å². The van der Waals surface area contributed by atoms with Crippen molar-refractivity contribution in [1.82, 2.24) is 0 Å². The second-order valence-electron chi connectivity index (χ2n) is 17.7. The van der Waals surface area contributed by atoms with Gasteiger partial charge in [-0.1, -0.05) is 129 Å². The molecule has 0 radical (unpaired) electrons. The Labute approximate surface area is 393 Å². The number of benzene rings is 11. The molecule has 1 atom stereocenters. The molecular weight excluding hydrogens is 864 g/mol. The van der Waals surface area contributed by atoms with Crippen molar-refractivity contribution in [3.8, 4) is 23.0 Å². The summed E-state index contributed by atoms with van der Waals surface area (Å²) in [6.45, 7) is 2.74. The van der Waals surface area contributed by atoms with Gasteiger partial charge in [-0.05, 0) is 104 Å². The molecule has 8 heteroatoms. The molecule has 0 aliphatic heterocycles. The summed E-state index contributed by atoms with van der Waals surface area (Å²) in [4.78, 5) is 0. The highest BCUT2D eigenvalue weighted by Crippen LogP contribution is 2.52. The third-order valence-corrected chi connectivity index (χ3v) is 15.1. The molecule has 0 N–H and O–H groups in total. The van der Waals surface area contributed by atoms with E-state index in [-0.39, 0.29) is 0 Å². The molecule has 336 valence electrons. The van der Waals surface area contributed by atoms with Crippen LogP contribution >= 0.6 is 8.24 Å². The van der Waals surface area contributed by atoms with Crippen molar-refractivity contribution in [1.29, 1.82) is 0 Å². The third kappa shape index (κ3) is 6.67. The maximum Gasteiger partial charge on any atom is 0.387 e. The molecule has 0 unspecified atom stereocenters. The molecule has 1 aromatic heterocycles. The van der Waals surface area contributed by atoms with Gasteiger partial charge >= 0.3 is 8.24 Å². The molecule has 0 saturated carbocycles. The summed E-state index contributed by atoms with van der Waals surface area (Å²) in [5, 5.41) is 17.9. The number of hydrogen-bond donors (Lipinski definition) is 0. The highest BCUT2D eigenvalue weighted by molar-refractivity contribution is 7.31. The average Bonchev–Trinajstić information content (AvgIpc) is 3.55. The lowest BCUT2D eigenvalue weighted by atomic mass is 9.90. The number of ether oxygens (including phenoxy) is 4. The fourth-order valence-corrected chi connectivity index (χ4v) is 11.9. The van der Waals surface area contributed by atoms with Crippen molar-refractivity contribution in [2.24, 2.45) is 0 Å². The lowest BCUT2D eigenvalue weighted by molar-refractivity contribution is 0.356. The summed E-state index contributed by atoms with van der Waals surface area (Å²) >= 11 is 0. The fraction of sp³-hybridized carbons (Fsp3) is 0.167. The lowest BCUT2D eigenvalue weighted by Crippen LogP contribution is -1.98. The Morgan fingerprint density at radius 2 is 0.824 bits per heavy atom. The van der Waals surface area contributed by atoms with Gasteiger partial charge in [0, 0.05) is 53.9 Å². The zero-order chi connectivity index (χ0) is 46.0. The van der Waals surface area contributed by atoms with E-state index in [1.807, 2.05) is 0 Å². The summed E-state index contributed by atoms with van der Waals surface area (Å²) in [6, 6.07) is 53.5. The van der Waals surface area contributed by atoms with Gasteiger partial charge in [0.15, 0.2) is 11.2 Å². The molecule has 0 aliphatic carbocycles. The summed E-state index contributed by atoms with van der Waals surface area (Å²) in [5.74, 6) is 3.24. The average molecular weight is 913 g/mol. The SMILES string of the molecule is COc1cc2c3cc(OC)c4cc(OC)c5ccc6ccc7ccccc7c6c5c4c3op(OCCCC[C@H](C)c3ccccc3)oc2c2c1cc(OC)c1ccc3ccc4ccccc4c3c12. The van der Waals surface area contributed by atoms with Gasteiger partial charge < -0.3 is 27.3 Å². The second kappa shape index (κ2) is 17.0. The van der Waals surface area contributed by atoms with E-state index in [1.165, 1.54) is 5.56 Å². The lowest BCUT2D eigenvalue weighted by Gasteiger charge is -2.17. The molecule has 0 saturated heterocycles. The maximum atomic E-state index is 7.39. The quantitative estimate of drug-likeness (QED) is 0.0945. The molecule has 11 aromatic carbocycles. The molecule has 0 amide bonds. The Balaban J connectivity index is 1.24. The van der Waals surface area contributed by atoms with Crippen LogP contribution in [0.3, 0.4) is 0 Å². The van der Waals surface area contributed by atoms with Crippen LogP contribution in [-0.4, -0.2) is 35.0 Å². The van der Waals surface area contributed by atoms with E-state index in [4.69, 9.17) is 31.9 Å². The molecule has 12 rings (SSSR count). The van der Waals surface area contributed by atoms with Gasteiger partial charge in [0.25, 0.3) is 0 Å². The first-order valence-corrected chi connectivity index (χ1v) is 24.3. The minimum Gasteiger partial charge on any atom is -0.496 e. The van der Waals surface area contributed by atoms with Crippen LogP contribution in [0.25, 0.3) is 108 Å². The highest BCUT2D eigenvalue weighted by atomic mass is 31.1. The van der Waals surface area contributed by atoms with Crippen LogP contribution in [0.4, 0.5) is 0 Å². The molecular formula is C60H49O7P. The van der Waals surface area contributed by atoms with Crippen LogP contribution in [0, 0.1) is 0 Å². The van der Waals surface area contributed by atoms with E-state index >= 15 is 0 Å². The number of rotatable bonds is 11. The fourth-order valence-electron chi connectivity index (χ4n) is 10.8. The summed E-state index contributed by atoms with van der Waals surface area (Å²) in [5.41, 5.74) is 2.64. The van der Waals surface area contributed by atoms with E-state index in [2.05, 4.69) is 159 Å². The van der Waals surface area contributed by atoms with Crippen LogP contribution < -0.4 is 23.5 Å². The number of fused-ring (bicyclic) bond motifs is 19. The summed E-state index contributed by atoms with van der Waals surface area (Å²) in [6.07, 6.45) is 2.86. The van der Waals surface area contributed by atoms with Gasteiger partial charge in [0.05, 0.1) is 35.0 Å². The van der Waals surface area contributed by atoms with Crippen LogP contribution in [0.5, 0.6) is 23.0 Å². The smallest absolute Gasteiger partial charge is 0.387 e. The van der Waals surface area contributed by atoms with E-state index in [0.29, 0.717) is 35.2 Å². The summed E-state index contributed by atoms with van der Waals surface area (Å²) < 4.78 is 46.9. The van der Waals surface area contributed by atoms with Crippen molar-refractivity contribution >= 4 is 116 Å². The van der Waals surface area contributed by atoms with Crippen molar-refractivity contribution < 1.29 is 31.9 Å². The topological polar surface area (TPSA) is 72.4 Å². The predicted octanol–water partition coefficient (Wildman–Crippen LogP) is 17.0. The van der Waals surface area contributed by atoms with Crippen molar-refractivity contribution in [2.75, 3.05) is 35.0 Å². The molecule has 0 spiro atoms. The second-order valence-corrected chi connectivity index (χ2v) is 18.8. The van der Waals surface area contributed by atoms with Gasteiger partial charge in [-0.2, -0.15) is 0 Å². The van der Waals surface area contributed by atoms with Gasteiger partial charge in [-0.25, -0.2) is 0 Å². The number of hydrogen-bond acceptors (Lipinski definition) is 7. The Morgan fingerprint density at radius 1 is 0.397 bits per heavy atom. The van der Waals surface area contributed by atoms with Gasteiger partial charge in [0.1, 0.15) is 23.0 Å². The third-order valence-electron chi connectivity index (χ3n) is 14.1. The first-order chi connectivity index (χ1) is 33.5. The first-order valence-electron chi connectivity index (χ1n) is 23.2. The molecule has 0 aliphatic rings. The minimum atomic E-state index is -2.05. The van der Waals surface area contributed by atoms with E-state index < -0.39 is 8.24 Å². The normalized spacial score (nSPS) is 12.4. The molecule has 1 heterocycles. The zero-order valence-corrected chi connectivity index (χ0v) is 39.5. The summed E-state index contributed by atoms with van der Waals surface area (Å²) in [7, 11) is 4.83. The van der Waals surface area contributed by atoms with Crippen molar-refractivity contribution in [2.45, 2.75) is 32.1 Å². The maximum absolute atomic E-state index is 7.39. The Hall–Kier alpha value is -7.44. The van der Waals surface area contributed by atoms with Crippen LogP contribution in [0.2, 0.25) is 0 Å². The van der Waals surface area contributed by atoms with Gasteiger partial charge in [-0.3, -0.25) is 4.52 Å². The number of methoxy groups -OCH3 is 4. The molecule has 0 bridgehead atoms. The molecule has 0 fully saturated rings. The first kappa shape index (κ1) is 42.0. The van der Waals surface area contributed by atoms with E-state index in [0.717, 1.165) is 128 Å². The minimum absolute atomic E-state index is 0.432. The molecule has 68 heavy (non-hydrogen) atoms. The standard InChI is InChI=1S/C60H49O7P/c1-35(36-16-7-6-8-17-36)15-13-14-30-65-68-66-59-45(31-51(63-4)47-33-49(61-2)43-28-26-39-24-22-37-18-9-11-20-41(37)53(39)55(43)57(47)59)46-32-52(64-5)48-34-50(62-3)44-29-27-40-25-23-38-19-10-12-21-42(38)54(40)56(44)58(48)60(46)67-68/h6-12,16-29,31-35H,13-15,30H2,1-5H3/t35-/m0/s1. The predicted molar refractivity (Wildman–Crippen MR) is 283 cm³/mol. The monoisotopic (exact) mass is 912 g/mol. The Morgan fingerprint density at radius 3 is 1.32 bits per heavy atom. The molecule has 12 aromatic rings. The van der Waals surface area contributed by atoms with E-state index in [1.54, 1.807) is 28.4 Å². The van der Waals surface area contributed by atoms with Crippen LogP contribution in [0.15, 0.2) is 160 Å². The Kier molecular flexibility index (Phi) is 10.5. The number of unbranched alkanes of at least 4 members (excludes halogenated alkanes) is 1. The van der Waals surface area contributed by atoms with Crippen molar-refractivity contribution in [3.63, 3.8) is 0 Å². The highest BCUT2D eigenvalue weighted by Gasteiger charge is 2.25. The largest absolute Gasteiger partial charge is 0.496 e. The van der Waals surface area contributed by atoms with E-state index in [9.17, 15) is 0 Å². The van der Waals surface area contributed by atoms with Gasteiger partial charge in [-0.15, -0.1) is 0 Å². The van der Waals surface area contributed by atoms with Crippen LogP contribution in [0.1, 0.15) is 37.7 Å². The van der Waals surface area contributed by atoms with Gasteiger partial charge in [0.2, 0.25) is 0 Å². The van der Waals surface area contributed by atoms with Crippen molar-refractivity contribution in [3.05, 3.63) is 157 Å².